The van der Waals surface area contributed by atoms with Crippen LogP contribution in [0.5, 0.6) is 0 Å². The fraction of sp³-hybridized carbons (Fsp3) is 0.462. The molecule has 88 valence electrons. The second-order valence-electron chi connectivity index (χ2n) is 4.03. The summed E-state index contributed by atoms with van der Waals surface area (Å²) >= 11 is 0. The van der Waals surface area contributed by atoms with Gasteiger partial charge in [-0.3, -0.25) is 4.79 Å². The molecule has 1 aromatic rings. The van der Waals surface area contributed by atoms with Crippen molar-refractivity contribution in [2.75, 3.05) is 11.9 Å². The van der Waals surface area contributed by atoms with Gasteiger partial charge in [-0.15, -0.1) is 0 Å². The number of nitrogens with two attached hydrogens (primary N) is 1. The van der Waals surface area contributed by atoms with Crippen LogP contribution >= 0.6 is 0 Å². The average molecular weight is 220 g/mol. The van der Waals surface area contributed by atoms with Crippen molar-refractivity contribution >= 4 is 11.6 Å². The van der Waals surface area contributed by atoms with Gasteiger partial charge in [0, 0.05) is 12.2 Å². The van der Waals surface area contributed by atoms with Gasteiger partial charge in [-0.2, -0.15) is 0 Å². The van der Waals surface area contributed by atoms with Crippen molar-refractivity contribution in [2.45, 2.75) is 26.7 Å². The van der Waals surface area contributed by atoms with Crippen LogP contribution < -0.4 is 11.1 Å². The van der Waals surface area contributed by atoms with Crippen LogP contribution in [0.3, 0.4) is 0 Å². The molecule has 0 heterocycles. The minimum atomic E-state index is -0.0791. The molecule has 1 atom stereocenters. The molecular formula is C13H20N2O. The Morgan fingerprint density at radius 1 is 1.44 bits per heavy atom. The van der Waals surface area contributed by atoms with Crippen LogP contribution in [0.15, 0.2) is 24.3 Å². The number of amides is 1. The Bertz CT molecular complexity index is 350. The number of nitrogens with one attached hydrogen (secondary N) is 1. The number of carbonyl (C=O) groups is 1. The van der Waals surface area contributed by atoms with Gasteiger partial charge in [-0.1, -0.05) is 31.5 Å². The van der Waals surface area contributed by atoms with Gasteiger partial charge in [0.25, 0.3) is 0 Å². The highest BCUT2D eigenvalue weighted by atomic mass is 16.1. The van der Waals surface area contributed by atoms with Gasteiger partial charge in [0.15, 0.2) is 0 Å². The van der Waals surface area contributed by atoms with Crippen molar-refractivity contribution in [3.05, 3.63) is 29.8 Å². The maximum absolute atomic E-state index is 11.9. The van der Waals surface area contributed by atoms with E-state index in [0.29, 0.717) is 6.54 Å². The number of carbonyl (C=O) groups excluding carboxylic acids is 1. The Morgan fingerprint density at radius 3 is 2.69 bits per heavy atom. The molecule has 0 aromatic heterocycles. The second kappa shape index (κ2) is 6.28. The molecule has 1 rings (SSSR count). The molecule has 0 fully saturated rings. The molecule has 1 aromatic carbocycles. The topological polar surface area (TPSA) is 55.1 Å². The number of anilines is 1. The van der Waals surface area contributed by atoms with Crippen LogP contribution in [-0.4, -0.2) is 12.5 Å². The summed E-state index contributed by atoms with van der Waals surface area (Å²) in [7, 11) is 0. The third-order valence-corrected chi connectivity index (χ3v) is 2.70. The number of rotatable bonds is 5. The third kappa shape index (κ3) is 3.35. The monoisotopic (exact) mass is 220 g/mol. The Morgan fingerprint density at radius 2 is 2.12 bits per heavy atom. The molecule has 0 saturated carbocycles. The molecule has 3 nitrogen and oxygen atoms in total. The summed E-state index contributed by atoms with van der Waals surface area (Å²) in [5.74, 6) is -0.0525. The highest BCUT2D eigenvalue weighted by Crippen LogP contribution is 2.15. The lowest BCUT2D eigenvalue weighted by Crippen LogP contribution is -2.29. The van der Waals surface area contributed by atoms with Crippen molar-refractivity contribution in [1.82, 2.24) is 0 Å². The van der Waals surface area contributed by atoms with Gasteiger partial charge in [-0.05, 0) is 25.0 Å². The highest BCUT2D eigenvalue weighted by Gasteiger charge is 2.15. The molecule has 3 N–H and O–H groups in total. The molecule has 16 heavy (non-hydrogen) atoms. The fourth-order valence-electron chi connectivity index (χ4n) is 1.65. The summed E-state index contributed by atoms with van der Waals surface area (Å²) in [6, 6.07) is 7.76. The highest BCUT2D eigenvalue weighted by molar-refractivity contribution is 5.93. The summed E-state index contributed by atoms with van der Waals surface area (Å²) < 4.78 is 0. The van der Waals surface area contributed by atoms with E-state index in [2.05, 4.69) is 12.2 Å². The van der Waals surface area contributed by atoms with Gasteiger partial charge in [0.1, 0.15) is 0 Å². The van der Waals surface area contributed by atoms with Gasteiger partial charge in [0.05, 0.1) is 5.92 Å². The molecule has 0 bridgehead atoms. The Hall–Kier alpha value is -1.35. The van der Waals surface area contributed by atoms with Gasteiger partial charge in [0.2, 0.25) is 5.91 Å². The van der Waals surface area contributed by atoms with Crippen molar-refractivity contribution in [2.24, 2.45) is 11.7 Å². The number of hydrogen-bond acceptors (Lipinski definition) is 2. The number of hydrogen-bond donors (Lipinski definition) is 2. The molecule has 0 radical (unpaired) electrons. The first-order valence-electron chi connectivity index (χ1n) is 5.75. The summed E-state index contributed by atoms with van der Waals surface area (Å²) in [5, 5.41) is 2.93. The lowest BCUT2D eigenvalue weighted by Gasteiger charge is -2.15. The molecule has 3 heteroatoms. The summed E-state index contributed by atoms with van der Waals surface area (Å²) in [6.07, 6.45) is 1.82. The average Bonchev–Trinajstić information content (AvgIpc) is 2.29. The zero-order chi connectivity index (χ0) is 12.0. The van der Waals surface area contributed by atoms with E-state index in [1.165, 1.54) is 0 Å². The van der Waals surface area contributed by atoms with E-state index in [0.717, 1.165) is 24.1 Å². The zero-order valence-electron chi connectivity index (χ0n) is 9.99. The van der Waals surface area contributed by atoms with Crippen molar-refractivity contribution in [3.63, 3.8) is 0 Å². The molecule has 1 unspecified atom stereocenters. The molecule has 0 aliphatic rings. The third-order valence-electron chi connectivity index (χ3n) is 2.70. The van der Waals surface area contributed by atoms with E-state index in [-0.39, 0.29) is 11.8 Å². The predicted octanol–water partition coefficient (Wildman–Crippen LogP) is 2.31. The van der Waals surface area contributed by atoms with Gasteiger partial charge < -0.3 is 11.1 Å². The largest absolute Gasteiger partial charge is 0.330 e. The maximum Gasteiger partial charge on any atom is 0.228 e. The van der Waals surface area contributed by atoms with Crippen molar-refractivity contribution < 1.29 is 4.79 Å². The number of benzene rings is 1. The van der Waals surface area contributed by atoms with Crippen LogP contribution in [0.4, 0.5) is 5.69 Å². The van der Waals surface area contributed by atoms with E-state index < -0.39 is 0 Å². The zero-order valence-corrected chi connectivity index (χ0v) is 9.99. The molecule has 1 amide bonds. The lowest BCUT2D eigenvalue weighted by atomic mass is 10.0. The summed E-state index contributed by atoms with van der Waals surface area (Å²) in [6.45, 7) is 4.45. The first-order valence-corrected chi connectivity index (χ1v) is 5.75. The van der Waals surface area contributed by atoms with E-state index in [9.17, 15) is 4.79 Å². The van der Waals surface area contributed by atoms with Crippen LogP contribution in [0, 0.1) is 12.8 Å². The fourth-order valence-corrected chi connectivity index (χ4v) is 1.65. The van der Waals surface area contributed by atoms with E-state index in [1.54, 1.807) is 0 Å². The van der Waals surface area contributed by atoms with Gasteiger partial charge >= 0.3 is 0 Å². The van der Waals surface area contributed by atoms with Crippen LogP contribution in [0.25, 0.3) is 0 Å². The number of aryl methyl sites for hydroxylation is 1. The first-order chi connectivity index (χ1) is 7.69. The van der Waals surface area contributed by atoms with Crippen LogP contribution in [-0.2, 0) is 4.79 Å². The molecule has 0 aliphatic heterocycles. The van der Waals surface area contributed by atoms with Crippen molar-refractivity contribution in [3.8, 4) is 0 Å². The van der Waals surface area contributed by atoms with Crippen LogP contribution in [0.1, 0.15) is 25.3 Å². The first kappa shape index (κ1) is 12.7. The molecular weight excluding hydrogens is 200 g/mol. The van der Waals surface area contributed by atoms with E-state index >= 15 is 0 Å². The molecule has 0 spiro atoms. The quantitative estimate of drug-likeness (QED) is 0.800. The molecule has 0 aliphatic carbocycles. The summed E-state index contributed by atoms with van der Waals surface area (Å²) in [5.41, 5.74) is 7.54. The van der Waals surface area contributed by atoms with Gasteiger partial charge in [-0.25, -0.2) is 0 Å². The van der Waals surface area contributed by atoms with Crippen LogP contribution in [0.2, 0.25) is 0 Å². The minimum absolute atomic E-state index is 0.0265. The van der Waals surface area contributed by atoms with Crippen molar-refractivity contribution in [1.29, 1.82) is 0 Å². The predicted molar refractivity (Wildman–Crippen MR) is 67.3 cm³/mol. The molecule has 0 saturated heterocycles. The Labute approximate surface area is 97.0 Å². The normalized spacial score (nSPS) is 12.2. The minimum Gasteiger partial charge on any atom is -0.330 e. The van der Waals surface area contributed by atoms with E-state index in [4.69, 9.17) is 5.73 Å². The second-order valence-corrected chi connectivity index (χ2v) is 4.03. The Kier molecular flexibility index (Phi) is 4.99. The number of para-hydroxylation sites is 1. The SMILES string of the molecule is CCCC(CN)C(=O)Nc1ccccc1C. The lowest BCUT2D eigenvalue weighted by molar-refractivity contribution is -0.119. The summed E-state index contributed by atoms with van der Waals surface area (Å²) in [4.78, 5) is 11.9. The smallest absolute Gasteiger partial charge is 0.228 e. The van der Waals surface area contributed by atoms with E-state index in [1.807, 2.05) is 31.2 Å². The standard InChI is InChI=1S/C13H20N2O/c1-3-6-11(9-14)13(16)15-12-8-5-4-7-10(12)2/h4-5,7-8,11H,3,6,9,14H2,1-2H3,(H,15,16). The Balaban J connectivity index is 2.66. The maximum atomic E-state index is 11.9.